The van der Waals surface area contributed by atoms with Gasteiger partial charge in [-0.2, -0.15) is 8.42 Å². The first-order valence-electron chi connectivity index (χ1n) is 12.1. The van der Waals surface area contributed by atoms with Crippen molar-refractivity contribution in [2.75, 3.05) is 6.61 Å². The van der Waals surface area contributed by atoms with E-state index in [1.807, 2.05) is 0 Å². The molecule has 0 spiro atoms. The second-order valence-corrected chi connectivity index (χ2v) is 10.1. The second-order valence-electron chi connectivity index (χ2n) is 8.45. The topological polar surface area (TPSA) is 74.6 Å². The predicted octanol–water partition coefficient (Wildman–Crippen LogP) is 7.06. The van der Waals surface area contributed by atoms with Gasteiger partial charge in [-0.05, 0) is 19.3 Å². The van der Waals surface area contributed by atoms with E-state index in [9.17, 15) is 13.0 Å². The van der Waals surface area contributed by atoms with Gasteiger partial charge in [0.2, 0.25) is 0 Å². The fourth-order valence-corrected chi connectivity index (χ4v) is 4.78. The van der Waals surface area contributed by atoms with Crippen molar-refractivity contribution in [1.82, 2.24) is 0 Å². The Morgan fingerprint density at radius 2 is 0.893 bits per heavy atom. The van der Waals surface area contributed by atoms with E-state index in [1.54, 1.807) is 0 Å². The van der Waals surface area contributed by atoms with E-state index in [0.29, 0.717) is 12.8 Å². The monoisotopic (exact) mass is 420 g/mol. The highest BCUT2D eigenvalue weighted by Crippen LogP contribution is 2.19. The van der Waals surface area contributed by atoms with Crippen LogP contribution in [0.5, 0.6) is 0 Å². The van der Waals surface area contributed by atoms with Crippen LogP contribution in [0, 0.1) is 0 Å². The van der Waals surface area contributed by atoms with E-state index < -0.39 is 15.4 Å². The maximum Gasteiger partial charge on any atom is 0.267 e. The van der Waals surface area contributed by atoms with Crippen molar-refractivity contribution in [3.05, 3.63) is 0 Å². The summed E-state index contributed by atoms with van der Waals surface area (Å²) in [7, 11) is -3.91. The molecular formula is C23H48O4S. The Bertz CT molecular complexity index is 409. The van der Waals surface area contributed by atoms with Crippen LogP contribution >= 0.6 is 0 Å². The van der Waals surface area contributed by atoms with Crippen LogP contribution in [0.4, 0.5) is 0 Å². The van der Waals surface area contributed by atoms with E-state index >= 15 is 0 Å². The van der Waals surface area contributed by atoms with Crippen LogP contribution in [-0.2, 0) is 10.1 Å². The molecule has 0 aliphatic rings. The van der Waals surface area contributed by atoms with Gasteiger partial charge in [0, 0.05) is 6.61 Å². The molecule has 1 unspecified atom stereocenters. The van der Waals surface area contributed by atoms with Crippen molar-refractivity contribution in [2.45, 2.75) is 141 Å². The maximum atomic E-state index is 11.6. The summed E-state index contributed by atoms with van der Waals surface area (Å²) in [4.78, 5) is 0. The van der Waals surface area contributed by atoms with Crippen LogP contribution in [0.3, 0.4) is 0 Å². The molecule has 0 amide bonds. The minimum Gasteiger partial charge on any atom is -0.396 e. The van der Waals surface area contributed by atoms with Crippen LogP contribution in [0.25, 0.3) is 0 Å². The van der Waals surface area contributed by atoms with Gasteiger partial charge in [0.15, 0.2) is 0 Å². The van der Waals surface area contributed by atoms with Gasteiger partial charge in [-0.3, -0.25) is 4.55 Å². The first-order chi connectivity index (χ1) is 13.5. The summed E-state index contributed by atoms with van der Waals surface area (Å²) in [5.74, 6) is 0. The first kappa shape index (κ1) is 27.9. The highest BCUT2D eigenvalue weighted by Gasteiger charge is 2.21. The van der Waals surface area contributed by atoms with Crippen molar-refractivity contribution in [3.8, 4) is 0 Å². The number of rotatable bonds is 22. The number of unbranched alkanes of at least 4 members (excludes halogenated alkanes) is 16. The van der Waals surface area contributed by atoms with Gasteiger partial charge in [-0.15, -0.1) is 0 Å². The molecule has 0 saturated carbocycles. The SMILES string of the molecule is CCCCCCCCCCCCCC(CCCCCCCCCO)S(=O)(=O)O. The number of aliphatic hydroxyl groups excluding tert-OH is 1. The van der Waals surface area contributed by atoms with Crippen LogP contribution in [-0.4, -0.2) is 29.9 Å². The molecule has 0 fully saturated rings. The van der Waals surface area contributed by atoms with Crippen molar-refractivity contribution in [2.24, 2.45) is 0 Å². The third kappa shape index (κ3) is 19.2. The van der Waals surface area contributed by atoms with Crippen molar-refractivity contribution >= 4 is 10.1 Å². The van der Waals surface area contributed by atoms with Gasteiger partial charge in [0.1, 0.15) is 0 Å². The Morgan fingerprint density at radius 3 is 1.21 bits per heavy atom. The van der Waals surface area contributed by atoms with Gasteiger partial charge in [0.05, 0.1) is 5.25 Å². The van der Waals surface area contributed by atoms with E-state index in [1.165, 1.54) is 57.8 Å². The normalized spacial score (nSPS) is 13.1. The molecular weight excluding hydrogens is 372 g/mol. The summed E-state index contributed by atoms with van der Waals surface area (Å²) in [6, 6.07) is 0. The van der Waals surface area contributed by atoms with Gasteiger partial charge < -0.3 is 5.11 Å². The van der Waals surface area contributed by atoms with Gasteiger partial charge in [0.25, 0.3) is 10.1 Å². The Morgan fingerprint density at radius 1 is 0.571 bits per heavy atom. The van der Waals surface area contributed by atoms with Crippen molar-refractivity contribution in [1.29, 1.82) is 0 Å². The number of hydrogen-bond acceptors (Lipinski definition) is 3. The molecule has 0 bridgehead atoms. The number of aliphatic hydroxyl groups is 1. The molecule has 0 radical (unpaired) electrons. The third-order valence-corrected chi connectivity index (χ3v) is 7.05. The van der Waals surface area contributed by atoms with Gasteiger partial charge >= 0.3 is 0 Å². The summed E-state index contributed by atoms with van der Waals surface area (Å²) in [5.41, 5.74) is 0. The minimum absolute atomic E-state index is 0.273. The standard InChI is InChI=1S/C23H48O4S/c1-2-3-4-5-6-7-8-9-11-14-17-20-23(28(25,26)27)21-18-15-12-10-13-16-19-22-24/h23-24H,2-22H2,1H3,(H,25,26,27). The molecule has 4 nitrogen and oxygen atoms in total. The summed E-state index contributed by atoms with van der Waals surface area (Å²) in [6.45, 7) is 2.52. The summed E-state index contributed by atoms with van der Waals surface area (Å²) >= 11 is 0. The fourth-order valence-electron chi connectivity index (χ4n) is 3.85. The average molecular weight is 421 g/mol. The molecule has 0 aromatic rings. The van der Waals surface area contributed by atoms with Crippen molar-refractivity contribution in [3.63, 3.8) is 0 Å². The Hall–Kier alpha value is -0.130. The lowest BCUT2D eigenvalue weighted by atomic mass is 10.0. The molecule has 0 saturated heterocycles. The molecule has 2 N–H and O–H groups in total. The van der Waals surface area contributed by atoms with Gasteiger partial charge in [-0.1, -0.05) is 116 Å². The highest BCUT2D eigenvalue weighted by molar-refractivity contribution is 7.86. The summed E-state index contributed by atoms with van der Waals surface area (Å²) < 4.78 is 32.7. The average Bonchev–Trinajstić information content (AvgIpc) is 2.65. The van der Waals surface area contributed by atoms with Gasteiger partial charge in [-0.25, -0.2) is 0 Å². The third-order valence-electron chi connectivity index (χ3n) is 5.74. The molecule has 0 aromatic heterocycles. The highest BCUT2D eigenvalue weighted by atomic mass is 32.2. The van der Waals surface area contributed by atoms with E-state index in [4.69, 9.17) is 5.11 Å². The molecule has 0 aliphatic carbocycles. The molecule has 1 atom stereocenters. The first-order valence-corrected chi connectivity index (χ1v) is 13.6. The largest absolute Gasteiger partial charge is 0.396 e. The predicted molar refractivity (Wildman–Crippen MR) is 120 cm³/mol. The quantitative estimate of drug-likeness (QED) is 0.145. The molecule has 5 heteroatoms. The van der Waals surface area contributed by atoms with E-state index in [2.05, 4.69) is 6.92 Å². The lowest BCUT2D eigenvalue weighted by Gasteiger charge is -2.13. The zero-order chi connectivity index (χ0) is 20.9. The molecule has 0 heterocycles. The summed E-state index contributed by atoms with van der Waals surface area (Å²) in [6.07, 6.45) is 22.3. The minimum atomic E-state index is -3.91. The Labute approximate surface area is 175 Å². The zero-order valence-electron chi connectivity index (χ0n) is 18.5. The van der Waals surface area contributed by atoms with Crippen LogP contribution < -0.4 is 0 Å². The van der Waals surface area contributed by atoms with Crippen LogP contribution in [0.15, 0.2) is 0 Å². The molecule has 28 heavy (non-hydrogen) atoms. The second kappa shape index (κ2) is 20.2. The Kier molecular flexibility index (Phi) is 20.1. The Balaban J connectivity index is 3.63. The van der Waals surface area contributed by atoms with Crippen molar-refractivity contribution < 1.29 is 18.1 Å². The lowest BCUT2D eigenvalue weighted by Crippen LogP contribution is -2.20. The molecule has 0 aliphatic heterocycles. The molecule has 170 valence electrons. The van der Waals surface area contributed by atoms with Crippen LogP contribution in [0.1, 0.15) is 135 Å². The van der Waals surface area contributed by atoms with Crippen LogP contribution in [0.2, 0.25) is 0 Å². The maximum absolute atomic E-state index is 11.6. The summed E-state index contributed by atoms with van der Waals surface area (Å²) in [5, 5.41) is 8.17. The smallest absolute Gasteiger partial charge is 0.267 e. The lowest BCUT2D eigenvalue weighted by molar-refractivity contribution is 0.282. The van der Waals surface area contributed by atoms with E-state index in [-0.39, 0.29) is 6.61 Å². The zero-order valence-corrected chi connectivity index (χ0v) is 19.4. The molecule has 0 rings (SSSR count). The van der Waals surface area contributed by atoms with E-state index in [0.717, 1.165) is 57.8 Å². The fraction of sp³-hybridized carbons (Fsp3) is 1.00. The number of hydrogen-bond donors (Lipinski definition) is 2. The molecule has 0 aromatic carbocycles.